The van der Waals surface area contributed by atoms with Gasteiger partial charge in [-0.25, -0.2) is 0 Å². The first kappa shape index (κ1) is 12.9. The molecule has 3 nitrogen and oxygen atoms in total. The monoisotopic (exact) mass is 239 g/mol. The van der Waals surface area contributed by atoms with Gasteiger partial charge in [0.25, 0.3) is 0 Å². The standard InChI is InChI=1S/C14H25NO2/c16-14(17)12-7-5-6-10-15(11-12)13-8-3-1-2-4-9-13/h12-13H,1-11H2,(H,16,17)/t12-/m1/s1. The smallest absolute Gasteiger partial charge is 0.307 e. The fourth-order valence-corrected chi connectivity index (χ4v) is 3.33. The molecular weight excluding hydrogens is 214 g/mol. The van der Waals surface area contributed by atoms with Gasteiger partial charge in [0, 0.05) is 12.6 Å². The molecule has 0 unspecified atom stereocenters. The van der Waals surface area contributed by atoms with Gasteiger partial charge in [-0.1, -0.05) is 32.1 Å². The summed E-state index contributed by atoms with van der Waals surface area (Å²) in [7, 11) is 0. The van der Waals surface area contributed by atoms with Gasteiger partial charge >= 0.3 is 5.97 Å². The van der Waals surface area contributed by atoms with E-state index in [1.54, 1.807) is 0 Å². The van der Waals surface area contributed by atoms with E-state index in [0.717, 1.165) is 25.9 Å². The van der Waals surface area contributed by atoms with Crippen molar-refractivity contribution in [1.29, 1.82) is 0 Å². The normalized spacial score (nSPS) is 29.5. The van der Waals surface area contributed by atoms with Crippen LogP contribution in [0.25, 0.3) is 0 Å². The molecule has 1 aliphatic carbocycles. The van der Waals surface area contributed by atoms with E-state index < -0.39 is 5.97 Å². The van der Waals surface area contributed by atoms with E-state index >= 15 is 0 Å². The molecule has 1 saturated heterocycles. The van der Waals surface area contributed by atoms with E-state index in [1.807, 2.05) is 0 Å². The van der Waals surface area contributed by atoms with Crippen LogP contribution in [0, 0.1) is 5.92 Å². The average Bonchev–Trinajstić information content (AvgIpc) is 2.71. The van der Waals surface area contributed by atoms with Crippen molar-refractivity contribution in [1.82, 2.24) is 4.90 Å². The SMILES string of the molecule is O=C(O)[C@@H]1CCCCN(C2CCCCCC2)C1. The van der Waals surface area contributed by atoms with Gasteiger partial charge in [0.1, 0.15) is 0 Å². The minimum Gasteiger partial charge on any atom is -0.481 e. The highest BCUT2D eigenvalue weighted by Gasteiger charge is 2.28. The number of carboxylic acid groups (broad SMARTS) is 1. The molecule has 1 atom stereocenters. The summed E-state index contributed by atoms with van der Waals surface area (Å²) in [6.07, 6.45) is 11.1. The highest BCUT2D eigenvalue weighted by atomic mass is 16.4. The second-order valence-electron chi connectivity index (χ2n) is 5.67. The van der Waals surface area contributed by atoms with Gasteiger partial charge in [0.2, 0.25) is 0 Å². The molecule has 0 amide bonds. The van der Waals surface area contributed by atoms with Crippen molar-refractivity contribution in [2.45, 2.75) is 63.8 Å². The zero-order valence-corrected chi connectivity index (χ0v) is 10.7. The predicted octanol–water partition coefficient (Wildman–Crippen LogP) is 2.90. The van der Waals surface area contributed by atoms with E-state index in [1.165, 1.54) is 44.9 Å². The van der Waals surface area contributed by atoms with Gasteiger partial charge in [0.15, 0.2) is 0 Å². The Morgan fingerprint density at radius 2 is 1.59 bits per heavy atom. The van der Waals surface area contributed by atoms with Gasteiger partial charge in [-0.3, -0.25) is 9.69 Å². The highest BCUT2D eigenvalue weighted by molar-refractivity contribution is 5.70. The molecule has 0 bridgehead atoms. The fraction of sp³-hybridized carbons (Fsp3) is 0.929. The van der Waals surface area contributed by atoms with Crippen LogP contribution in [0.2, 0.25) is 0 Å². The third-order valence-corrected chi connectivity index (χ3v) is 4.39. The lowest BCUT2D eigenvalue weighted by Crippen LogP contribution is -2.39. The molecular formula is C14H25NO2. The third-order valence-electron chi connectivity index (χ3n) is 4.39. The number of aliphatic carboxylic acids is 1. The topological polar surface area (TPSA) is 40.5 Å². The van der Waals surface area contributed by atoms with E-state index in [0.29, 0.717) is 6.04 Å². The number of hydrogen-bond donors (Lipinski definition) is 1. The van der Waals surface area contributed by atoms with Crippen LogP contribution < -0.4 is 0 Å². The molecule has 0 radical (unpaired) electrons. The Morgan fingerprint density at radius 1 is 0.941 bits per heavy atom. The molecule has 2 aliphatic rings. The summed E-state index contributed by atoms with van der Waals surface area (Å²) < 4.78 is 0. The molecule has 0 aromatic heterocycles. The number of likely N-dealkylation sites (tertiary alicyclic amines) is 1. The lowest BCUT2D eigenvalue weighted by Gasteiger charge is -2.31. The number of rotatable bonds is 2. The summed E-state index contributed by atoms with van der Waals surface area (Å²) in [5, 5.41) is 9.21. The Kier molecular flexibility index (Phi) is 4.84. The molecule has 3 heteroatoms. The van der Waals surface area contributed by atoms with E-state index in [2.05, 4.69) is 4.90 Å². The number of carboxylic acids is 1. The van der Waals surface area contributed by atoms with Crippen molar-refractivity contribution in [2.75, 3.05) is 13.1 Å². The predicted molar refractivity (Wildman–Crippen MR) is 68.0 cm³/mol. The molecule has 1 saturated carbocycles. The quantitative estimate of drug-likeness (QED) is 0.753. The Morgan fingerprint density at radius 3 is 2.24 bits per heavy atom. The van der Waals surface area contributed by atoms with Crippen molar-refractivity contribution in [3.8, 4) is 0 Å². The summed E-state index contributed by atoms with van der Waals surface area (Å²) in [5.74, 6) is -0.716. The molecule has 1 aliphatic heterocycles. The van der Waals surface area contributed by atoms with Crippen LogP contribution in [0.1, 0.15) is 57.8 Å². The molecule has 0 aromatic carbocycles. The second kappa shape index (κ2) is 6.39. The Labute approximate surface area is 104 Å². The van der Waals surface area contributed by atoms with Crippen molar-refractivity contribution in [3.05, 3.63) is 0 Å². The highest BCUT2D eigenvalue weighted by Crippen LogP contribution is 2.26. The van der Waals surface area contributed by atoms with E-state index in [4.69, 9.17) is 0 Å². The lowest BCUT2D eigenvalue weighted by molar-refractivity contribution is -0.142. The minimum absolute atomic E-state index is 0.124. The molecule has 98 valence electrons. The van der Waals surface area contributed by atoms with Crippen LogP contribution in [0.3, 0.4) is 0 Å². The first-order chi connectivity index (χ1) is 8.27. The third kappa shape index (κ3) is 3.70. The summed E-state index contributed by atoms with van der Waals surface area (Å²) >= 11 is 0. The van der Waals surface area contributed by atoms with Crippen molar-refractivity contribution in [2.24, 2.45) is 5.92 Å². The minimum atomic E-state index is -0.592. The van der Waals surface area contributed by atoms with Crippen LogP contribution in [0.5, 0.6) is 0 Å². The number of nitrogens with zero attached hydrogens (tertiary/aromatic N) is 1. The van der Waals surface area contributed by atoms with Crippen LogP contribution in [0.4, 0.5) is 0 Å². The summed E-state index contributed by atoms with van der Waals surface area (Å²) in [5.41, 5.74) is 0. The van der Waals surface area contributed by atoms with Gasteiger partial charge in [-0.2, -0.15) is 0 Å². The summed E-state index contributed by atoms with van der Waals surface area (Å²) in [6, 6.07) is 0.664. The Hall–Kier alpha value is -0.570. The van der Waals surface area contributed by atoms with E-state index in [9.17, 15) is 9.90 Å². The maximum Gasteiger partial charge on any atom is 0.307 e. The molecule has 0 aromatic rings. The fourth-order valence-electron chi connectivity index (χ4n) is 3.33. The Balaban J connectivity index is 1.94. The first-order valence-corrected chi connectivity index (χ1v) is 7.24. The zero-order valence-electron chi connectivity index (χ0n) is 10.7. The van der Waals surface area contributed by atoms with Crippen LogP contribution in [-0.2, 0) is 4.79 Å². The van der Waals surface area contributed by atoms with Gasteiger partial charge in [-0.15, -0.1) is 0 Å². The van der Waals surface area contributed by atoms with Gasteiger partial charge in [-0.05, 0) is 32.2 Å². The first-order valence-electron chi connectivity index (χ1n) is 7.24. The van der Waals surface area contributed by atoms with Crippen LogP contribution >= 0.6 is 0 Å². The molecule has 1 N–H and O–H groups in total. The van der Waals surface area contributed by atoms with Gasteiger partial charge in [0.05, 0.1) is 5.92 Å². The van der Waals surface area contributed by atoms with Gasteiger partial charge < -0.3 is 5.11 Å². The molecule has 1 heterocycles. The number of hydrogen-bond acceptors (Lipinski definition) is 2. The van der Waals surface area contributed by atoms with Crippen LogP contribution in [0.15, 0.2) is 0 Å². The molecule has 2 fully saturated rings. The van der Waals surface area contributed by atoms with E-state index in [-0.39, 0.29) is 5.92 Å². The zero-order chi connectivity index (χ0) is 12.1. The maximum atomic E-state index is 11.2. The molecule has 17 heavy (non-hydrogen) atoms. The van der Waals surface area contributed by atoms with Crippen molar-refractivity contribution < 1.29 is 9.90 Å². The maximum absolute atomic E-state index is 11.2. The lowest BCUT2D eigenvalue weighted by atomic mass is 10.0. The van der Waals surface area contributed by atoms with Crippen LogP contribution in [-0.4, -0.2) is 35.1 Å². The average molecular weight is 239 g/mol. The second-order valence-corrected chi connectivity index (χ2v) is 5.67. The number of carbonyl (C=O) groups is 1. The largest absolute Gasteiger partial charge is 0.481 e. The Bertz CT molecular complexity index is 247. The molecule has 0 spiro atoms. The summed E-state index contributed by atoms with van der Waals surface area (Å²) in [4.78, 5) is 13.7. The van der Waals surface area contributed by atoms with Crippen molar-refractivity contribution in [3.63, 3.8) is 0 Å². The van der Waals surface area contributed by atoms with Crippen molar-refractivity contribution >= 4 is 5.97 Å². The summed E-state index contributed by atoms with van der Waals surface area (Å²) in [6.45, 7) is 1.91. The molecule has 2 rings (SSSR count).